The Kier molecular flexibility index (Phi) is 5.84. The van der Waals surface area contributed by atoms with Crippen molar-refractivity contribution in [1.29, 1.82) is 0 Å². The molecule has 2 aliphatic rings. The molecule has 1 saturated heterocycles. The van der Waals surface area contributed by atoms with Crippen molar-refractivity contribution in [3.8, 4) is 0 Å². The lowest BCUT2D eigenvalue weighted by Gasteiger charge is -2.36. The molecule has 1 saturated carbocycles. The summed E-state index contributed by atoms with van der Waals surface area (Å²) in [5.41, 5.74) is 0. The molecule has 1 unspecified atom stereocenters. The standard InChI is InChI=1S/C14H29N3O2S/c1-3-14-7-4-5-12-17(14)20(18,19)16(2)11-6-10-15-13-8-9-13/h13-15H,3-12H2,1-2H3. The average molecular weight is 303 g/mol. The van der Waals surface area contributed by atoms with Crippen LogP contribution in [0.3, 0.4) is 0 Å². The average Bonchev–Trinajstić information content (AvgIpc) is 3.27. The zero-order chi connectivity index (χ0) is 14.6. The van der Waals surface area contributed by atoms with E-state index >= 15 is 0 Å². The SMILES string of the molecule is CCC1CCCCN1S(=O)(=O)N(C)CCCNC1CC1. The Morgan fingerprint density at radius 1 is 1.25 bits per heavy atom. The number of rotatable bonds is 8. The highest BCUT2D eigenvalue weighted by atomic mass is 32.2. The van der Waals surface area contributed by atoms with Crippen LogP contribution in [0.25, 0.3) is 0 Å². The molecule has 1 atom stereocenters. The first kappa shape index (κ1) is 16.2. The topological polar surface area (TPSA) is 52.7 Å². The Morgan fingerprint density at radius 2 is 2.00 bits per heavy atom. The van der Waals surface area contributed by atoms with E-state index in [1.165, 1.54) is 17.1 Å². The predicted molar refractivity (Wildman–Crippen MR) is 81.8 cm³/mol. The summed E-state index contributed by atoms with van der Waals surface area (Å²) in [5, 5.41) is 3.43. The quantitative estimate of drug-likeness (QED) is 0.693. The second-order valence-corrected chi connectivity index (χ2v) is 8.07. The summed E-state index contributed by atoms with van der Waals surface area (Å²) < 4.78 is 28.5. The minimum Gasteiger partial charge on any atom is -0.314 e. The second kappa shape index (κ2) is 7.20. The highest BCUT2D eigenvalue weighted by Crippen LogP contribution is 2.24. The highest BCUT2D eigenvalue weighted by molar-refractivity contribution is 7.86. The van der Waals surface area contributed by atoms with Gasteiger partial charge in [0.25, 0.3) is 10.2 Å². The molecular formula is C14H29N3O2S. The Labute approximate surface area is 123 Å². The fraction of sp³-hybridized carbons (Fsp3) is 1.00. The van der Waals surface area contributed by atoms with Gasteiger partial charge in [0.2, 0.25) is 0 Å². The summed E-state index contributed by atoms with van der Waals surface area (Å²) in [4.78, 5) is 0. The van der Waals surface area contributed by atoms with Gasteiger partial charge in [-0.05, 0) is 45.1 Å². The molecular weight excluding hydrogens is 274 g/mol. The van der Waals surface area contributed by atoms with Crippen molar-refractivity contribution in [2.75, 3.05) is 26.7 Å². The van der Waals surface area contributed by atoms with Gasteiger partial charge in [-0.1, -0.05) is 13.3 Å². The molecule has 6 heteroatoms. The smallest absolute Gasteiger partial charge is 0.281 e. The summed E-state index contributed by atoms with van der Waals surface area (Å²) >= 11 is 0. The Morgan fingerprint density at radius 3 is 2.65 bits per heavy atom. The van der Waals surface area contributed by atoms with E-state index in [0.29, 0.717) is 19.1 Å². The van der Waals surface area contributed by atoms with Crippen molar-refractivity contribution in [2.24, 2.45) is 0 Å². The lowest BCUT2D eigenvalue weighted by molar-refractivity contribution is 0.230. The van der Waals surface area contributed by atoms with Gasteiger partial charge in [-0.2, -0.15) is 17.0 Å². The molecule has 0 aromatic carbocycles. The van der Waals surface area contributed by atoms with Crippen LogP contribution in [0.2, 0.25) is 0 Å². The molecule has 0 spiro atoms. The van der Waals surface area contributed by atoms with Gasteiger partial charge in [-0.25, -0.2) is 0 Å². The molecule has 0 aromatic heterocycles. The molecule has 118 valence electrons. The van der Waals surface area contributed by atoms with Gasteiger partial charge in [0.15, 0.2) is 0 Å². The van der Waals surface area contributed by atoms with Crippen molar-refractivity contribution >= 4 is 10.2 Å². The van der Waals surface area contributed by atoms with Crippen LogP contribution in [0.1, 0.15) is 51.9 Å². The molecule has 5 nitrogen and oxygen atoms in total. The monoisotopic (exact) mass is 303 g/mol. The summed E-state index contributed by atoms with van der Waals surface area (Å²) in [5.74, 6) is 0. The number of nitrogens with one attached hydrogen (secondary N) is 1. The van der Waals surface area contributed by atoms with Crippen LogP contribution >= 0.6 is 0 Å². The molecule has 0 amide bonds. The van der Waals surface area contributed by atoms with Crippen LogP contribution < -0.4 is 5.32 Å². The van der Waals surface area contributed by atoms with E-state index in [1.54, 1.807) is 11.4 Å². The van der Waals surface area contributed by atoms with E-state index in [-0.39, 0.29) is 6.04 Å². The number of nitrogens with zero attached hydrogens (tertiary/aromatic N) is 2. The summed E-state index contributed by atoms with van der Waals surface area (Å²) in [7, 11) is -1.55. The van der Waals surface area contributed by atoms with Gasteiger partial charge in [-0.15, -0.1) is 0 Å². The molecule has 0 bridgehead atoms. The number of hydrogen-bond acceptors (Lipinski definition) is 3. The van der Waals surface area contributed by atoms with Gasteiger partial charge in [0.05, 0.1) is 0 Å². The first-order valence-corrected chi connectivity index (χ1v) is 9.42. The Balaban J connectivity index is 1.82. The first-order valence-electron chi connectivity index (χ1n) is 8.02. The summed E-state index contributed by atoms with van der Waals surface area (Å²) in [6.07, 6.45) is 7.51. The molecule has 1 aliphatic heterocycles. The minimum absolute atomic E-state index is 0.195. The Bertz CT molecular complexity index is 395. The fourth-order valence-electron chi connectivity index (χ4n) is 2.88. The molecule has 1 aliphatic carbocycles. The lowest BCUT2D eigenvalue weighted by Crippen LogP contribution is -2.49. The predicted octanol–water partition coefficient (Wildman–Crippen LogP) is 1.57. The van der Waals surface area contributed by atoms with E-state index < -0.39 is 10.2 Å². The van der Waals surface area contributed by atoms with Crippen LogP contribution in [0, 0.1) is 0 Å². The molecule has 0 radical (unpaired) electrons. The number of piperidine rings is 1. The van der Waals surface area contributed by atoms with Gasteiger partial charge in [0.1, 0.15) is 0 Å². The van der Waals surface area contributed by atoms with E-state index in [0.717, 1.165) is 38.6 Å². The van der Waals surface area contributed by atoms with E-state index in [9.17, 15) is 8.42 Å². The van der Waals surface area contributed by atoms with Crippen LogP contribution in [0.15, 0.2) is 0 Å². The molecule has 2 fully saturated rings. The lowest BCUT2D eigenvalue weighted by atomic mass is 10.0. The molecule has 2 rings (SSSR count). The highest BCUT2D eigenvalue weighted by Gasteiger charge is 2.33. The van der Waals surface area contributed by atoms with Crippen LogP contribution in [0.5, 0.6) is 0 Å². The molecule has 0 aromatic rings. The summed E-state index contributed by atoms with van der Waals surface area (Å²) in [6.45, 7) is 4.29. The van der Waals surface area contributed by atoms with Gasteiger partial charge >= 0.3 is 0 Å². The van der Waals surface area contributed by atoms with Crippen molar-refractivity contribution in [3.63, 3.8) is 0 Å². The minimum atomic E-state index is -3.27. The maximum absolute atomic E-state index is 12.6. The maximum Gasteiger partial charge on any atom is 0.281 e. The van der Waals surface area contributed by atoms with Gasteiger partial charge < -0.3 is 5.32 Å². The first-order chi connectivity index (χ1) is 9.55. The van der Waals surface area contributed by atoms with Crippen LogP contribution in [-0.2, 0) is 10.2 Å². The van der Waals surface area contributed by atoms with Crippen molar-refractivity contribution in [2.45, 2.75) is 64.0 Å². The molecule has 1 N–H and O–H groups in total. The third-order valence-electron chi connectivity index (χ3n) is 4.39. The van der Waals surface area contributed by atoms with Crippen molar-refractivity contribution < 1.29 is 8.42 Å². The summed E-state index contributed by atoms with van der Waals surface area (Å²) in [6, 6.07) is 0.893. The van der Waals surface area contributed by atoms with E-state index in [2.05, 4.69) is 12.2 Å². The Hall–Kier alpha value is -0.170. The molecule has 20 heavy (non-hydrogen) atoms. The largest absolute Gasteiger partial charge is 0.314 e. The second-order valence-electron chi connectivity index (χ2n) is 6.08. The van der Waals surface area contributed by atoms with Crippen LogP contribution in [0.4, 0.5) is 0 Å². The third kappa shape index (κ3) is 4.16. The van der Waals surface area contributed by atoms with Crippen molar-refractivity contribution in [1.82, 2.24) is 13.9 Å². The van der Waals surface area contributed by atoms with Gasteiger partial charge in [-0.3, -0.25) is 0 Å². The van der Waals surface area contributed by atoms with Crippen molar-refractivity contribution in [3.05, 3.63) is 0 Å². The van der Waals surface area contributed by atoms with E-state index in [4.69, 9.17) is 0 Å². The zero-order valence-electron chi connectivity index (χ0n) is 12.8. The number of hydrogen-bond donors (Lipinski definition) is 1. The van der Waals surface area contributed by atoms with Gasteiger partial charge in [0, 0.05) is 32.2 Å². The van der Waals surface area contributed by atoms with Crippen LogP contribution in [-0.4, -0.2) is 55.8 Å². The fourth-order valence-corrected chi connectivity index (χ4v) is 4.58. The molecule has 1 heterocycles. The normalized spacial score (nSPS) is 25.2. The van der Waals surface area contributed by atoms with E-state index in [1.807, 2.05) is 0 Å². The zero-order valence-corrected chi connectivity index (χ0v) is 13.7. The maximum atomic E-state index is 12.6. The third-order valence-corrected chi connectivity index (χ3v) is 6.44.